The fourth-order valence-electron chi connectivity index (χ4n) is 2.79. The third kappa shape index (κ3) is 6.30. The van der Waals surface area contributed by atoms with Gasteiger partial charge in [0.2, 0.25) is 0 Å². The summed E-state index contributed by atoms with van der Waals surface area (Å²) in [7, 11) is 2.13. The highest BCUT2D eigenvalue weighted by Gasteiger charge is 2.18. The third-order valence-corrected chi connectivity index (χ3v) is 4.67. The van der Waals surface area contributed by atoms with Gasteiger partial charge in [0.05, 0.1) is 0 Å². The van der Waals surface area contributed by atoms with Crippen molar-refractivity contribution < 1.29 is 9.59 Å². The van der Waals surface area contributed by atoms with Crippen LogP contribution >= 0.6 is 11.6 Å². The number of nitrogens with zero attached hydrogens (tertiary/aromatic N) is 2. The minimum Gasteiger partial charge on any atom is -0.348 e. The van der Waals surface area contributed by atoms with E-state index in [1.54, 1.807) is 18.2 Å². The lowest BCUT2D eigenvalue weighted by Crippen LogP contribution is -2.47. The van der Waals surface area contributed by atoms with E-state index in [0.717, 1.165) is 38.3 Å². The zero-order chi connectivity index (χ0) is 18.4. The number of hydrogen-bond donors (Lipinski definition) is 2. The highest BCUT2D eigenvalue weighted by Crippen LogP contribution is 2.19. The predicted octanol–water partition coefficient (Wildman–Crippen LogP) is 1.59. The first-order valence-electron chi connectivity index (χ1n) is 8.61. The van der Waals surface area contributed by atoms with Crippen molar-refractivity contribution in [3.63, 3.8) is 0 Å². The molecule has 0 aromatic heterocycles. The summed E-state index contributed by atoms with van der Waals surface area (Å²) < 4.78 is 0. The van der Waals surface area contributed by atoms with Crippen molar-refractivity contribution in [2.45, 2.75) is 13.8 Å². The molecular weight excluding hydrogens is 340 g/mol. The Labute approximate surface area is 154 Å². The Morgan fingerprint density at radius 2 is 1.88 bits per heavy atom. The molecule has 1 aromatic rings. The smallest absolute Gasteiger partial charge is 0.313 e. The van der Waals surface area contributed by atoms with Gasteiger partial charge in [-0.05, 0) is 37.6 Å². The topological polar surface area (TPSA) is 64.7 Å². The van der Waals surface area contributed by atoms with Crippen molar-refractivity contribution in [3.8, 4) is 0 Å². The first kappa shape index (κ1) is 19.7. The molecule has 2 rings (SSSR count). The first-order valence-corrected chi connectivity index (χ1v) is 8.99. The van der Waals surface area contributed by atoms with E-state index in [1.165, 1.54) is 0 Å². The molecule has 0 radical (unpaired) electrons. The summed E-state index contributed by atoms with van der Waals surface area (Å²) >= 11 is 5.92. The van der Waals surface area contributed by atoms with Crippen LogP contribution in [0.4, 0.5) is 5.69 Å². The van der Waals surface area contributed by atoms with Gasteiger partial charge in [-0.3, -0.25) is 9.59 Å². The molecule has 2 N–H and O–H groups in total. The van der Waals surface area contributed by atoms with Gasteiger partial charge >= 0.3 is 11.8 Å². The SMILES string of the molecule is Cc1ccc(Cl)cc1NC(=O)C(=O)NCC(C)CN1CCN(C)CC1. The second-order valence-corrected chi connectivity index (χ2v) is 7.27. The quantitative estimate of drug-likeness (QED) is 0.777. The molecule has 2 amide bonds. The second-order valence-electron chi connectivity index (χ2n) is 6.83. The molecule has 0 spiro atoms. The summed E-state index contributed by atoms with van der Waals surface area (Å²) in [4.78, 5) is 28.7. The average Bonchev–Trinajstić information content (AvgIpc) is 2.58. The van der Waals surface area contributed by atoms with Crippen molar-refractivity contribution in [3.05, 3.63) is 28.8 Å². The van der Waals surface area contributed by atoms with Gasteiger partial charge in [0, 0.05) is 50.0 Å². The summed E-state index contributed by atoms with van der Waals surface area (Å²) in [5, 5.41) is 5.84. The van der Waals surface area contributed by atoms with E-state index in [9.17, 15) is 9.59 Å². The molecule has 1 aliphatic heterocycles. The largest absolute Gasteiger partial charge is 0.348 e. The molecule has 0 aliphatic carbocycles. The molecule has 7 heteroatoms. The Morgan fingerprint density at radius 3 is 2.56 bits per heavy atom. The van der Waals surface area contributed by atoms with Crippen LogP contribution in [0.3, 0.4) is 0 Å². The van der Waals surface area contributed by atoms with Crippen LogP contribution in [0.15, 0.2) is 18.2 Å². The highest BCUT2D eigenvalue weighted by atomic mass is 35.5. The molecule has 1 unspecified atom stereocenters. The number of piperazine rings is 1. The van der Waals surface area contributed by atoms with Crippen LogP contribution in [0, 0.1) is 12.8 Å². The normalized spacial score (nSPS) is 17.1. The van der Waals surface area contributed by atoms with Crippen LogP contribution in [-0.2, 0) is 9.59 Å². The summed E-state index contributed by atoms with van der Waals surface area (Å²) in [6.07, 6.45) is 0. The number of benzene rings is 1. The van der Waals surface area contributed by atoms with Gasteiger partial charge in [-0.15, -0.1) is 0 Å². The maximum Gasteiger partial charge on any atom is 0.313 e. The molecule has 0 saturated carbocycles. The van der Waals surface area contributed by atoms with E-state index in [2.05, 4.69) is 34.4 Å². The van der Waals surface area contributed by atoms with Crippen molar-refractivity contribution in [2.75, 3.05) is 51.6 Å². The Balaban J connectivity index is 1.75. The van der Waals surface area contributed by atoms with Gasteiger partial charge in [0.1, 0.15) is 0 Å². The lowest BCUT2D eigenvalue weighted by molar-refractivity contribution is -0.136. The predicted molar refractivity (Wildman–Crippen MR) is 101 cm³/mol. The maximum absolute atomic E-state index is 12.0. The molecule has 25 heavy (non-hydrogen) atoms. The lowest BCUT2D eigenvalue weighted by atomic mass is 10.1. The number of aryl methyl sites for hydroxylation is 1. The first-order chi connectivity index (χ1) is 11.8. The number of hydrogen-bond acceptors (Lipinski definition) is 4. The van der Waals surface area contributed by atoms with Crippen LogP contribution in [-0.4, -0.2) is 67.9 Å². The van der Waals surface area contributed by atoms with Crippen LogP contribution in [0.1, 0.15) is 12.5 Å². The molecule has 1 atom stereocenters. The lowest BCUT2D eigenvalue weighted by Gasteiger charge is -2.33. The van der Waals surface area contributed by atoms with E-state index < -0.39 is 11.8 Å². The molecule has 138 valence electrons. The van der Waals surface area contributed by atoms with E-state index in [4.69, 9.17) is 11.6 Å². The number of rotatable bonds is 5. The van der Waals surface area contributed by atoms with Crippen molar-refractivity contribution >= 4 is 29.1 Å². The van der Waals surface area contributed by atoms with E-state index >= 15 is 0 Å². The fourth-order valence-corrected chi connectivity index (χ4v) is 2.96. The zero-order valence-electron chi connectivity index (χ0n) is 15.1. The van der Waals surface area contributed by atoms with Crippen LogP contribution < -0.4 is 10.6 Å². The average molecular weight is 367 g/mol. The Kier molecular flexibility index (Phi) is 7.23. The second kappa shape index (κ2) is 9.17. The third-order valence-electron chi connectivity index (χ3n) is 4.43. The number of halogens is 1. The van der Waals surface area contributed by atoms with Crippen molar-refractivity contribution in [1.29, 1.82) is 0 Å². The Bertz CT molecular complexity index is 615. The molecule has 1 aromatic carbocycles. The van der Waals surface area contributed by atoms with Crippen molar-refractivity contribution in [2.24, 2.45) is 5.92 Å². The van der Waals surface area contributed by atoms with Gasteiger partial charge < -0.3 is 20.4 Å². The molecular formula is C18H27ClN4O2. The van der Waals surface area contributed by atoms with E-state index in [1.807, 2.05) is 6.92 Å². The van der Waals surface area contributed by atoms with E-state index in [-0.39, 0.29) is 5.92 Å². The van der Waals surface area contributed by atoms with Gasteiger partial charge in [-0.1, -0.05) is 24.6 Å². The van der Waals surface area contributed by atoms with Gasteiger partial charge in [0.15, 0.2) is 0 Å². The molecule has 0 bridgehead atoms. The van der Waals surface area contributed by atoms with Gasteiger partial charge in [-0.25, -0.2) is 0 Å². The molecule has 1 aliphatic rings. The summed E-state index contributed by atoms with van der Waals surface area (Å²) in [5.74, 6) is -1.00. The Hall–Kier alpha value is -1.63. The summed E-state index contributed by atoms with van der Waals surface area (Å²) in [6, 6.07) is 5.18. The van der Waals surface area contributed by atoms with E-state index in [0.29, 0.717) is 17.3 Å². The zero-order valence-corrected chi connectivity index (χ0v) is 15.9. The minimum absolute atomic E-state index is 0.285. The monoisotopic (exact) mass is 366 g/mol. The van der Waals surface area contributed by atoms with Gasteiger partial charge in [-0.2, -0.15) is 0 Å². The highest BCUT2D eigenvalue weighted by molar-refractivity contribution is 6.40. The number of nitrogens with one attached hydrogen (secondary N) is 2. The summed E-state index contributed by atoms with van der Waals surface area (Å²) in [5.41, 5.74) is 1.41. The number of likely N-dealkylation sites (N-methyl/N-ethyl adjacent to an activating group) is 1. The van der Waals surface area contributed by atoms with Gasteiger partial charge in [0.25, 0.3) is 0 Å². The minimum atomic E-state index is -0.669. The number of carbonyl (C=O) groups excluding carboxylic acids is 2. The number of amides is 2. The Morgan fingerprint density at radius 1 is 1.20 bits per heavy atom. The van der Waals surface area contributed by atoms with Crippen LogP contribution in [0.5, 0.6) is 0 Å². The number of carbonyl (C=O) groups is 2. The fraction of sp³-hybridized carbons (Fsp3) is 0.556. The summed E-state index contributed by atoms with van der Waals surface area (Å²) in [6.45, 7) is 9.56. The number of anilines is 1. The standard InChI is InChI=1S/C18H27ClN4O2/c1-13(12-23-8-6-22(3)7-9-23)11-20-17(24)18(25)21-16-10-15(19)5-4-14(16)2/h4-5,10,13H,6-9,11-12H2,1-3H3,(H,20,24)(H,21,25). The van der Waals surface area contributed by atoms with Crippen LogP contribution in [0.2, 0.25) is 5.02 Å². The molecule has 1 saturated heterocycles. The van der Waals surface area contributed by atoms with Crippen LogP contribution in [0.25, 0.3) is 0 Å². The maximum atomic E-state index is 12.0. The molecule has 6 nitrogen and oxygen atoms in total. The molecule has 1 heterocycles. The molecule has 1 fully saturated rings. The van der Waals surface area contributed by atoms with Crippen molar-refractivity contribution in [1.82, 2.24) is 15.1 Å².